The van der Waals surface area contributed by atoms with Crippen molar-refractivity contribution in [3.63, 3.8) is 0 Å². The van der Waals surface area contributed by atoms with Crippen molar-refractivity contribution in [1.29, 1.82) is 0 Å². The van der Waals surface area contributed by atoms with E-state index in [1.54, 1.807) is 48.5 Å². The van der Waals surface area contributed by atoms with Crippen molar-refractivity contribution >= 4 is 11.8 Å². The minimum Gasteiger partial charge on any atom is -0.493 e. The average molecular weight is 451 g/mol. The van der Waals surface area contributed by atoms with Gasteiger partial charge in [0, 0.05) is 6.42 Å². The summed E-state index contributed by atoms with van der Waals surface area (Å²) in [4.78, 5) is 13.7. The van der Waals surface area contributed by atoms with Gasteiger partial charge >= 0.3 is 12.3 Å². The number of halogens is 3. The highest BCUT2D eigenvalue weighted by molar-refractivity contribution is 5.92. The highest BCUT2D eigenvalue weighted by atomic mass is 19.4. The largest absolute Gasteiger partial charge is 0.493 e. The Balaban J connectivity index is 1.36. The van der Waals surface area contributed by atoms with Crippen LogP contribution in [-0.4, -0.2) is 48.8 Å². The van der Waals surface area contributed by atoms with E-state index in [2.05, 4.69) is 0 Å². The fourth-order valence-electron chi connectivity index (χ4n) is 4.10. The summed E-state index contributed by atoms with van der Waals surface area (Å²) in [6, 6.07) is 13.5. The van der Waals surface area contributed by atoms with E-state index in [-0.39, 0.29) is 32.3 Å². The predicted molar refractivity (Wildman–Crippen MR) is 110 cm³/mol. The molecule has 32 heavy (non-hydrogen) atoms. The third kappa shape index (κ3) is 4.83. The van der Waals surface area contributed by atoms with Gasteiger partial charge in [0.05, 0.1) is 31.5 Å². The maximum atomic E-state index is 13.3. The number of aliphatic hydroxyl groups is 1. The van der Waals surface area contributed by atoms with Gasteiger partial charge in [-0.05, 0) is 42.2 Å². The summed E-state index contributed by atoms with van der Waals surface area (Å²) in [6.45, 7) is -0.541. The van der Waals surface area contributed by atoms with E-state index in [9.17, 15) is 23.1 Å². The van der Waals surface area contributed by atoms with Gasteiger partial charge in [-0.1, -0.05) is 30.3 Å². The first-order valence-electron chi connectivity index (χ1n) is 10.5. The molecular weight excluding hydrogens is 427 g/mol. The van der Waals surface area contributed by atoms with E-state index in [0.717, 1.165) is 5.56 Å². The van der Waals surface area contributed by atoms with Gasteiger partial charge < -0.3 is 19.3 Å². The van der Waals surface area contributed by atoms with Crippen LogP contribution in [-0.2, 0) is 22.5 Å². The first kappa shape index (κ1) is 22.4. The number of carbonyl (C=O) groups is 1. The van der Waals surface area contributed by atoms with Gasteiger partial charge in [-0.3, -0.25) is 4.90 Å². The van der Waals surface area contributed by atoms with Gasteiger partial charge in [0.2, 0.25) is 0 Å². The van der Waals surface area contributed by atoms with Crippen LogP contribution in [0.15, 0.2) is 48.5 Å². The first-order chi connectivity index (χ1) is 15.4. The van der Waals surface area contributed by atoms with Gasteiger partial charge in [-0.2, -0.15) is 13.2 Å². The standard InChI is InChI=1S/C23H24F3NO5/c24-23(25,26)21(31-14-15-4-2-1-3-5-15)10-11-30-17-7-9-18-16(12-17)6-8-19-20(13-28)32-22(29)27(18)19/h1-5,7,9,12,19-21,28H,6,8,10-11,13-14H2/t19-,20+,21?/m0/s1. The molecule has 2 aromatic rings. The second-order valence-electron chi connectivity index (χ2n) is 7.84. The lowest BCUT2D eigenvalue weighted by atomic mass is 9.94. The van der Waals surface area contributed by atoms with Gasteiger partial charge in [-0.15, -0.1) is 0 Å². The summed E-state index contributed by atoms with van der Waals surface area (Å²) in [7, 11) is 0. The number of hydrogen-bond acceptors (Lipinski definition) is 5. The van der Waals surface area contributed by atoms with Crippen molar-refractivity contribution < 1.29 is 37.3 Å². The second kappa shape index (κ2) is 9.38. The Morgan fingerprint density at radius 3 is 2.69 bits per heavy atom. The molecule has 172 valence electrons. The highest BCUT2D eigenvalue weighted by Gasteiger charge is 2.45. The molecule has 1 amide bonds. The molecule has 1 unspecified atom stereocenters. The number of rotatable bonds is 8. The number of aryl methyl sites for hydroxylation is 1. The topological polar surface area (TPSA) is 68.2 Å². The number of nitrogens with zero attached hydrogens (tertiary/aromatic N) is 1. The third-order valence-electron chi connectivity index (χ3n) is 5.72. The zero-order valence-electron chi connectivity index (χ0n) is 17.3. The zero-order chi connectivity index (χ0) is 22.7. The van der Waals surface area contributed by atoms with Crippen molar-refractivity contribution in [2.75, 3.05) is 18.1 Å². The number of anilines is 1. The SMILES string of the molecule is O=C1O[C@H](CO)[C@@H]2CCc3cc(OCCC(OCc4ccccc4)C(F)(F)F)ccc3N12. The van der Waals surface area contributed by atoms with E-state index in [4.69, 9.17) is 14.2 Å². The van der Waals surface area contributed by atoms with Crippen LogP contribution < -0.4 is 9.64 Å². The Labute approximate surface area is 183 Å². The average Bonchev–Trinajstić information content (AvgIpc) is 3.11. The van der Waals surface area contributed by atoms with Gasteiger partial charge in [0.25, 0.3) is 0 Å². The number of hydrogen-bond donors (Lipinski definition) is 1. The van der Waals surface area contributed by atoms with Crippen LogP contribution >= 0.6 is 0 Å². The molecule has 0 radical (unpaired) electrons. The van der Waals surface area contributed by atoms with Gasteiger partial charge in [-0.25, -0.2) is 4.79 Å². The number of alkyl halides is 3. The Kier molecular flexibility index (Phi) is 6.57. The molecule has 2 aliphatic heterocycles. The predicted octanol–water partition coefficient (Wildman–Crippen LogP) is 4.24. The Bertz CT molecular complexity index is 937. The van der Waals surface area contributed by atoms with E-state index < -0.39 is 24.5 Å². The molecule has 6 nitrogen and oxygen atoms in total. The molecule has 1 N–H and O–H groups in total. The Hall–Kier alpha value is -2.78. The van der Waals surface area contributed by atoms with Crippen molar-refractivity contribution in [3.05, 3.63) is 59.7 Å². The number of ether oxygens (including phenoxy) is 3. The number of carbonyl (C=O) groups excluding carboxylic acids is 1. The van der Waals surface area contributed by atoms with Crippen LogP contribution in [0.2, 0.25) is 0 Å². The maximum absolute atomic E-state index is 13.3. The molecule has 2 aliphatic rings. The van der Waals surface area contributed by atoms with Crippen molar-refractivity contribution in [1.82, 2.24) is 0 Å². The molecule has 0 spiro atoms. The third-order valence-corrected chi connectivity index (χ3v) is 5.72. The lowest BCUT2D eigenvalue weighted by molar-refractivity contribution is -0.226. The highest BCUT2D eigenvalue weighted by Crippen LogP contribution is 2.38. The molecular formula is C23H24F3NO5. The molecule has 1 saturated heterocycles. The molecule has 4 rings (SSSR count). The van der Waals surface area contributed by atoms with Crippen molar-refractivity contribution in [2.45, 2.75) is 50.3 Å². The minimum atomic E-state index is -4.50. The molecule has 0 saturated carbocycles. The van der Waals surface area contributed by atoms with Crippen LogP contribution in [0, 0.1) is 0 Å². The van der Waals surface area contributed by atoms with Crippen LogP contribution in [0.25, 0.3) is 0 Å². The van der Waals surface area contributed by atoms with Gasteiger partial charge in [0.1, 0.15) is 11.9 Å². The van der Waals surface area contributed by atoms with Crippen LogP contribution in [0.5, 0.6) is 5.75 Å². The quantitative estimate of drug-likeness (QED) is 0.651. The monoisotopic (exact) mass is 451 g/mol. The summed E-state index contributed by atoms with van der Waals surface area (Å²) < 4.78 is 55.9. The number of fused-ring (bicyclic) bond motifs is 3. The molecule has 0 aromatic heterocycles. The van der Waals surface area contributed by atoms with Crippen LogP contribution in [0.1, 0.15) is 24.0 Å². The number of benzene rings is 2. The minimum absolute atomic E-state index is 0.133. The molecule has 9 heteroatoms. The van der Waals surface area contributed by atoms with Crippen molar-refractivity contribution in [2.24, 2.45) is 0 Å². The smallest absolute Gasteiger partial charge is 0.415 e. The molecule has 3 atom stereocenters. The Morgan fingerprint density at radius 2 is 1.97 bits per heavy atom. The van der Waals surface area contributed by atoms with Gasteiger partial charge in [0.15, 0.2) is 6.10 Å². The first-order valence-corrected chi connectivity index (χ1v) is 10.5. The summed E-state index contributed by atoms with van der Waals surface area (Å²) in [5.74, 6) is 0.428. The normalized spacial score (nSPS) is 21.0. The fourth-order valence-corrected chi connectivity index (χ4v) is 4.10. The number of aliphatic hydroxyl groups excluding tert-OH is 1. The number of amides is 1. The lowest BCUT2D eigenvalue weighted by Crippen LogP contribution is -2.41. The van der Waals surface area contributed by atoms with E-state index in [1.165, 1.54) is 4.90 Å². The summed E-state index contributed by atoms with van der Waals surface area (Å²) in [5, 5.41) is 9.40. The van der Waals surface area contributed by atoms with Crippen molar-refractivity contribution in [3.8, 4) is 5.75 Å². The Morgan fingerprint density at radius 1 is 1.19 bits per heavy atom. The van der Waals surface area contributed by atoms with Crippen LogP contribution in [0.4, 0.5) is 23.7 Å². The lowest BCUT2D eigenvalue weighted by Gasteiger charge is -2.31. The molecule has 1 fully saturated rings. The second-order valence-corrected chi connectivity index (χ2v) is 7.84. The number of cyclic esters (lactones) is 1. The maximum Gasteiger partial charge on any atom is 0.415 e. The molecule has 2 heterocycles. The van der Waals surface area contributed by atoms with E-state index in [1.807, 2.05) is 0 Å². The van der Waals surface area contributed by atoms with E-state index >= 15 is 0 Å². The zero-order valence-corrected chi connectivity index (χ0v) is 17.3. The summed E-state index contributed by atoms with van der Waals surface area (Å²) >= 11 is 0. The fraction of sp³-hybridized carbons (Fsp3) is 0.435. The molecule has 0 bridgehead atoms. The molecule has 2 aromatic carbocycles. The summed E-state index contributed by atoms with van der Waals surface area (Å²) in [6.07, 6.45) is -6.57. The van der Waals surface area contributed by atoms with E-state index in [0.29, 0.717) is 29.8 Å². The summed E-state index contributed by atoms with van der Waals surface area (Å²) in [5.41, 5.74) is 2.19. The van der Waals surface area contributed by atoms with Crippen LogP contribution in [0.3, 0.4) is 0 Å². The molecule has 0 aliphatic carbocycles.